The lowest BCUT2D eigenvalue weighted by atomic mass is 9.89. The van der Waals surface area contributed by atoms with Gasteiger partial charge >= 0.3 is 5.97 Å². The average Bonchev–Trinajstić information content (AvgIpc) is 2.39. The molecule has 1 atom stereocenters. The minimum atomic E-state index is -0.856. The van der Waals surface area contributed by atoms with E-state index in [1.165, 1.54) is 0 Å². The van der Waals surface area contributed by atoms with Crippen LogP contribution in [0, 0.1) is 6.92 Å². The van der Waals surface area contributed by atoms with E-state index in [2.05, 4.69) is 0 Å². The van der Waals surface area contributed by atoms with Gasteiger partial charge in [-0.2, -0.15) is 0 Å². The Morgan fingerprint density at radius 3 is 2.50 bits per heavy atom. The van der Waals surface area contributed by atoms with Gasteiger partial charge in [-0.05, 0) is 42.2 Å². The molecule has 2 rings (SSSR count). The number of aryl methyl sites for hydroxylation is 1. The molecule has 0 radical (unpaired) electrons. The summed E-state index contributed by atoms with van der Waals surface area (Å²) in [6.07, 6.45) is 0.343. The predicted octanol–water partition coefficient (Wildman–Crippen LogP) is 4.71. The van der Waals surface area contributed by atoms with Gasteiger partial charge in [0, 0.05) is 10.0 Å². The Bertz CT molecular complexity index is 638. The molecule has 0 fully saturated rings. The van der Waals surface area contributed by atoms with E-state index >= 15 is 0 Å². The number of hydrogen-bond acceptors (Lipinski definition) is 1. The summed E-state index contributed by atoms with van der Waals surface area (Å²) in [6, 6.07) is 12.6. The molecule has 104 valence electrons. The molecular formula is C16H14Cl2O2. The van der Waals surface area contributed by atoms with Crippen molar-refractivity contribution in [2.75, 3.05) is 0 Å². The van der Waals surface area contributed by atoms with E-state index < -0.39 is 11.9 Å². The predicted molar refractivity (Wildman–Crippen MR) is 81.7 cm³/mol. The molecule has 2 aromatic rings. The van der Waals surface area contributed by atoms with Gasteiger partial charge in [-0.15, -0.1) is 0 Å². The van der Waals surface area contributed by atoms with Gasteiger partial charge in [-0.3, -0.25) is 4.79 Å². The molecule has 0 saturated heterocycles. The molecule has 1 N–H and O–H groups in total. The van der Waals surface area contributed by atoms with Gasteiger partial charge in [0.25, 0.3) is 0 Å². The molecule has 0 aliphatic carbocycles. The molecule has 0 aliphatic heterocycles. The van der Waals surface area contributed by atoms with Gasteiger partial charge in [0.1, 0.15) is 0 Å². The van der Waals surface area contributed by atoms with Crippen LogP contribution in [0.4, 0.5) is 0 Å². The van der Waals surface area contributed by atoms with Crippen LogP contribution in [-0.4, -0.2) is 11.1 Å². The van der Waals surface area contributed by atoms with E-state index in [0.29, 0.717) is 16.5 Å². The van der Waals surface area contributed by atoms with Crippen LogP contribution < -0.4 is 0 Å². The number of halogens is 2. The second-order valence-electron chi connectivity index (χ2n) is 4.69. The maximum Gasteiger partial charge on any atom is 0.311 e. The fourth-order valence-electron chi connectivity index (χ4n) is 2.22. The third kappa shape index (κ3) is 3.33. The van der Waals surface area contributed by atoms with E-state index in [-0.39, 0.29) is 0 Å². The lowest BCUT2D eigenvalue weighted by Gasteiger charge is -2.16. The van der Waals surface area contributed by atoms with E-state index in [1.54, 1.807) is 18.2 Å². The van der Waals surface area contributed by atoms with Crippen molar-refractivity contribution in [2.45, 2.75) is 19.3 Å². The lowest BCUT2D eigenvalue weighted by Crippen LogP contribution is -2.15. The highest BCUT2D eigenvalue weighted by atomic mass is 35.5. The summed E-state index contributed by atoms with van der Waals surface area (Å²) in [5.74, 6) is -1.47. The summed E-state index contributed by atoms with van der Waals surface area (Å²) >= 11 is 12.0. The molecule has 4 heteroatoms. The SMILES string of the molecule is Cc1ccccc1C(Cc1ccc(Cl)cc1Cl)C(=O)O. The normalized spacial score (nSPS) is 12.2. The summed E-state index contributed by atoms with van der Waals surface area (Å²) < 4.78 is 0. The fourth-order valence-corrected chi connectivity index (χ4v) is 2.70. The van der Waals surface area contributed by atoms with Crippen LogP contribution in [0.15, 0.2) is 42.5 Å². The first-order valence-corrected chi connectivity index (χ1v) is 6.97. The van der Waals surface area contributed by atoms with Crippen LogP contribution in [0.1, 0.15) is 22.6 Å². The van der Waals surface area contributed by atoms with Crippen molar-refractivity contribution in [1.82, 2.24) is 0 Å². The Hall–Kier alpha value is -1.51. The molecule has 0 amide bonds. The van der Waals surface area contributed by atoms with Crippen LogP contribution in [0.2, 0.25) is 10.0 Å². The van der Waals surface area contributed by atoms with Crippen LogP contribution in [0.5, 0.6) is 0 Å². The van der Waals surface area contributed by atoms with E-state index in [0.717, 1.165) is 16.7 Å². The van der Waals surface area contributed by atoms with Crippen LogP contribution in [0.25, 0.3) is 0 Å². The van der Waals surface area contributed by atoms with Gasteiger partial charge < -0.3 is 5.11 Å². The molecule has 0 saturated carbocycles. The molecular weight excluding hydrogens is 295 g/mol. The monoisotopic (exact) mass is 308 g/mol. The molecule has 2 aromatic carbocycles. The second kappa shape index (κ2) is 6.29. The van der Waals surface area contributed by atoms with Gasteiger partial charge in [-0.25, -0.2) is 0 Å². The molecule has 2 nitrogen and oxygen atoms in total. The number of carbonyl (C=O) groups is 1. The Morgan fingerprint density at radius 2 is 1.90 bits per heavy atom. The summed E-state index contributed by atoms with van der Waals surface area (Å²) in [5.41, 5.74) is 2.56. The summed E-state index contributed by atoms with van der Waals surface area (Å²) in [4.78, 5) is 11.6. The smallest absolute Gasteiger partial charge is 0.311 e. The highest BCUT2D eigenvalue weighted by Gasteiger charge is 2.22. The fraction of sp³-hybridized carbons (Fsp3) is 0.188. The molecule has 0 spiro atoms. The quantitative estimate of drug-likeness (QED) is 0.888. The van der Waals surface area contributed by atoms with E-state index in [4.69, 9.17) is 23.2 Å². The van der Waals surface area contributed by atoms with Crippen molar-refractivity contribution in [3.8, 4) is 0 Å². The van der Waals surface area contributed by atoms with Crippen LogP contribution in [0.3, 0.4) is 0 Å². The molecule has 0 bridgehead atoms. The minimum Gasteiger partial charge on any atom is -0.481 e. The standard InChI is InChI=1S/C16H14Cl2O2/c1-10-4-2-3-5-13(10)14(16(19)20)8-11-6-7-12(17)9-15(11)18/h2-7,9,14H,8H2,1H3,(H,19,20). The third-order valence-corrected chi connectivity index (χ3v) is 3.89. The third-order valence-electron chi connectivity index (χ3n) is 3.30. The second-order valence-corrected chi connectivity index (χ2v) is 5.53. The average molecular weight is 309 g/mol. The van der Waals surface area contributed by atoms with Gasteiger partial charge in [0.05, 0.1) is 5.92 Å². The number of aliphatic carboxylic acids is 1. The van der Waals surface area contributed by atoms with Gasteiger partial charge in [0.15, 0.2) is 0 Å². The number of carboxylic acid groups (broad SMARTS) is 1. The number of benzene rings is 2. The first-order chi connectivity index (χ1) is 9.49. The minimum absolute atomic E-state index is 0.343. The zero-order valence-electron chi connectivity index (χ0n) is 10.9. The molecule has 0 aliphatic rings. The highest BCUT2D eigenvalue weighted by Crippen LogP contribution is 2.29. The summed E-state index contributed by atoms with van der Waals surface area (Å²) in [6.45, 7) is 1.91. The Morgan fingerprint density at radius 1 is 1.20 bits per heavy atom. The zero-order chi connectivity index (χ0) is 14.7. The largest absolute Gasteiger partial charge is 0.481 e. The topological polar surface area (TPSA) is 37.3 Å². The molecule has 1 unspecified atom stereocenters. The van der Waals surface area contributed by atoms with Crippen LogP contribution >= 0.6 is 23.2 Å². The molecule has 0 heterocycles. The Balaban J connectivity index is 2.36. The van der Waals surface area contributed by atoms with Crippen molar-refractivity contribution in [3.05, 3.63) is 69.2 Å². The Labute approximate surface area is 128 Å². The first kappa shape index (κ1) is 14.9. The Kier molecular flexibility index (Phi) is 4.69. The van der Waals surface area contributed by atoms with Gasteiger partial charge in [0.2, 0.25) is 0 Å². The van der Waals surface area contributed by atoms with Crippen molar-refractivity contribution in [1.29, 1.82) is 0 Å². The van der Waals surface area contributed by atoms with Crippen molar-refractivity contribution >= 4 is 29.2 Å². The molecule has 20 heavy (non-hydrogen) atoms. The summed E-state index contributed by atoms with van der Waals surface area (Å²) in [5, 5.41) is 10.5. The lowest BCUT2D eigenvalue weighted by molar-refractivity contribution is -0.138. The van der Waals surface area contributed by atoms with Crippen LogP contribution in [-0.2, 0) is 11.2 Å². The van der Waals surface area contributed by atoms with Crippen molar-refractivity contribution < 1.29 is 9.90 Å². The van der Waals surface area contributed by atoms with Crippen molar-refractivity contribution in [2.24, 2.45) is 0 Å². The maximum absolute atomic E-state index is 11.6. The van der Waals surface area contributed by atoms with Gasteiger partial charge in [-0.1, -0.05) is 53.5 Å². The van der Waals surface area contributed by atoms with Crippen molar-refractivity contribution in [3.63, 3.8) is 0 Å². The number of hydrogen-bond donors (Lipinski definition) is 1. The number of rotatable bonds is 4. The summed E-state index contributed by atoms with van der Waals surface area (Å²) in [7, 11) is 0. The zero-order valence-corrected chi connectivity index (χ0v) is 12.4. The first-order valence-electron chi connectivity index (χ1n) is 6.21. The molecule has 0 aromatic heterocycles. The number of carboxylic acids is 1. The van der Waals surface area contributed by atoms with E-state index in [1.807, 2.05) is 31.2 Å². The highest BCUT2D eigenvalue weighted by molar-refractivity contribution is 6.35. The van der Waals surface area contributed by atoms with E-state index in [9.17, 15) is 9.90 Å². The maximum atomic E-state index is 11.6.